The molecule has 6 rings (SSSR count). The van der Waals surface area contributed by atoms with E-state index >= 15 is 0 Å². The smallest absolute Gasteiger partial charge is 0.0504 e. The zero-order chi connectivity index (χ0) is 22.8. The first kappa shape index (κ1) is 20.4. The molecule has 3 aliphatic rings. The maximum absolute atomic E-state index is 2.37. The highest BCUT2D eigenvalue weighted by atomic mass is 14.5. The molecule has 0 radical (unpaired) electrons. The Morgan fingerprint density at radius 3 is 2.12 bits per heavy atom. The van der Waals surface area contributed by atoms with Crippen molar-refractivity contribution in [1.29, 1.82) is 0 Å². The first-order chi connectivity index (χ1) is 16.9. The SMILES string of the molecule is C1=C\C=C/C2=C(\C=C\C=C\C=C/1)C1(C/C=C\C=C/c3ccccc31)c1ccc3ccccc3c12. The predicted octanol–water partition coefficient (Wildman–Crippen LogP) is 8.66. The molecule has 162 valence electrons. The van der Waals surface area contributed by atoms with Crippen molar-refractivity contribution in [3.63, 3.8) is 0 Å². The van der Waals surface area contributed by atoms with Gasteiger partial charge >= 0.3 is 0 Å². The van der Waals surface area contributed by atoms with Crippen LogP contribution in [-0.2, 0) is 5.41 Å². The van der Waals surface area contributed by atoms with E-state index in [0.29, 0.717) is 0 Å². The van der Waals surface area contributed by atoms with E-state index in [1.54, 1.807) is 0 Å². The molecule has 34 heavy (non-hydrogen) atoms. The molecular weight excluding hydrogens is 408 g/mol. The van der Waals surface area contributed by atoms with Gasteiger partial charge in [-0.1, -0.05) is 146 Å². The molecule has 0 heterocycles. The molecule has 0 N–H and O–H groups in total. The lowest BCUT2D eigenvalue weighted by Crippen LogP contribution is -2.28. The van der Waals surface area contributed by atoms with Crippen molar-refractivity contribution in [3.8, 4) is 0 Å². The average Bonchev–Trinajstić information content (AvgIpc) is 3.12. The Bertz CT molecular complexity index is 1510. The van der Waals surface area contributed by atoms with Crippen molar-refractivity contribution >= 4 is 22.4 Å². The zero-order valence-electron chi connectivity index (χ0n) is 19.1. The molecule has 1 spiro atoms. The quantitative estimate of drug-likeness (QED) is 0.332. The first-order valence-electron chi connectivity index (χ1n) is 11.9. The highest BCUT2D eigenvalue weighted by Crippen LogP contribution is 2.56. The van der Waals surface area contributed by atoms with Gasteiger partial charge in [-0.3, -0.25) is 0 Å². The third kappa shape index (κ3) is 3.23. The molecule has 0 bridgehead atoms. The summed E-state index contributed by atoms with van der Waals surface area (Å²) in [7, 11) is 0. The standard InChI is InChI=1S/C34H26/c1-2-4-6-10-22-31-29(20-9-5-3-1)33-28-19-13-11-16-26(28)23-24-32(33)34(31)25-15-7-8-17-27-18-12-14-21-30(27)34/h1-24H,25H2/b2-1-,3-1?,4-2?,5-3-,6-4+,9-5?,10-6?,15-7-,17-8-,20-9-,22-10+,29-20?,31-22?. The van der Waals surface area contributed by atoms with Gasteiger partial charge < -0.3 is 0 Å². The van der Waals surface area contributed by atoms with Crippen LogP contribution in [0.1, 0.15) is 28.7 Å². The number of hydrogen-bond acceptors (Lipinski definition) is 0. The van der Waals surface area contributed by atoms with Crippen LogP contribution >= 0.6 is 0 Å². The van der Waals surface area contributed by atoms with Crippen LogP contribution in [0, 0.1) is 0 Å². The van der Waals surface area contributed by atoms with Crippen LogP contribution in [0.2, 0.25) is 0 Å². The Balaban J connectivity index is 1.77. The summed E-state index contributed by atoms with van der Waals surface area (Å²) in [6.07, 6.45) is 31.4. The maximum Gasteiger partial charge on any atom is 0.0504 e. The molecule has 0 saturated heterocycles. The number of allylic oxidation sites excluding steroid dienone is 15. The molecule has 1 unspecified atom stereocenters. The fourth-order valence-electron chi connectivity index (χ4n) is 5.65. The van der Waals surface area contributed by atoms with E-state index in [9.17, 15) is 0 Å². The third-order valence-corrected chi connectivity index (χ3v) is 7.08. The predicted molar refractivity (Wildman–Crippen MR) is 147 cm³/mol. The van der Waals surface area contributed by atoms with Gasteiger partial charge in [-0.15, -0.1) is 0 Å². The molecule has 0 aliphatic heterocycles. The molecular formula is C34H26. The fourth-order valence-corrected chi connectivity index (χ4v) is 5.65. The normalized spacial score (nSPS) is 27.2. The summed E-state index contributed by atoms with van der Waals surface area (Å²) in [6, 6.07) is 22.3. The summed E-state index contributed by atoms with van der Waals surface area (Å²) >= 11 is 0. The second-order valence-electron chi connectivity index (χ2n) is 8.89. The number of hydrogen-bond donors (Lipinski definition) is 0. The Labute approximate surface area is 201 Å². The van der Waals surface area contributed by atoms with Gasteiger partial charge in [0.05, 0.1) is 5.41 Å². The Kier molecular flexibility index (Phi) is 5.20. The van der Waals surface area contributed by atoms with Crippen LogP contribution in [0.5, 0.6) is 0 Å². The van der Waals surface area contributed by atoms with Gasteiger partial charge in [0, 0.05) is 0 Å². The van der Waals surface area contributed by atoms with Crippen LogP contribution in [0.3, 0.4) is 0 Å². The summed E-state index contributed by atoms with van der Waals surface area (Å²) in [6.45, 7) is 0. The van der Waals surface area contributed by atoms with Gasteiger partial charge in [-0.2, -0.15) is 0 Å². The Morgan fingerprint density at radius 2 is 1.24 bits per heavy atom. The van der Waals surface area contributed by atoms with Gasteiger partial charge in [0.2, 0.25) is 0 Å². The van der Waals surface area contributed by atoms with Crippen molar-refractivity contribution in [1.82, 2.24) is 0 Å². The van der Waals surface area contributed by atoms with E-state index < -0.39 is 0 Å². The number of fused-ring (bicyclic) bond motifs is 8. The lowest BCUT2D eigenvalue weighted by molar-refractivity contribution is 0.638. The van der Waals surface area contributed by atoms with E-state index in [2.05, 4.69) is 146 Å². The molecule has 0 nitrogen and oxygen atoms in total. The number of rotatable bonds is 0. The van der Waals surface area contributed by atoms with Crippen molar-refractivity contribution < 1.29 is 0 Å². The largest absolute Gasteiger partial charge is 0.0830 e. The average molecular weight is 435 g/mol. The van der Waals surface area contributed by atoms with Gasteiger partial charge in [0.1, 0.15) is 0 Å². The highest BCUT2D eigenvalue weighted by Gasteiger charge is 2.45. The lowest BCUT2D eigenvalue weighted by Gasteiger charge is -2.35. The van der Waals surface area contributed by atoms with Crippen LogP contribution in [-0.4, -0.2) is 0 Å². The topological polar surface area (TPSA) is 0 Å². The van der Waals surface area contributed by atoms with Crippen LogP contribution in [0.25, 0.3) is 22.4 Å². The monoisotopic (exact) mass is 434 g/mol. The third-order valence-electron chi connectivity index (χ3n) is 7.08. The zero-order valence-corrected chi connectivity index (χ0v) is 19.1. The van der Waals surface area contributed by atoms with Crippen molar-refractivity contribution in [2.75, 3.05) is 0 Å². The van der Waals surface area contributed by atoms with E-state index in [1.165, 1.54) is 44.2 Å². The summed E-state index contributed by atoms with van der Waals surface area (Å²) < 4.78 is 0. The van der Waals surface area contributed by atoms with E-state index in [1.807, 2.05) is 0 Å². The minimum atomic E-state index is -0.259. The molecule has 0 heteroatoms. The number of benzene rings is 3. The first-order valence-corrected chi connectivity index (χ1v) is 11.9. The maximum atomic E-state index is 2.37. The molecule has 0 saturated carbocycles. The van der Waals surface area contributed by atoms with E-state index in [0.717, 1.165) is 6.42 Å². The van der Waals surface area contributed by atoms with Crippen molar-refractivity contribution in [3.05, 3.63) is 167 Å². The van der Waals surface area contributed by atoms with Crippen LogP contribution in [0.4, 0.5) is 0 Å². The highest BCUT2D eigenvalue weighted by molar-refractivity contribution is 6.03. The fraction of sp³-hybridized carbons (Fsp3) is 0.0588. The van der Waals surface area contributed by atoms with Gasteiger partial charge in [0.15, 0.2) is 0 Å². The van der Waals surface area contributed by atoms with E-state index in [-0.39, 0.29) is 5.41 Å². The molecule has 3 aliphatic carbocycles. The second kappa shape index (κ2) is 8.65. The molecule has 0 fully saturated rings. The molecule has 3 aromatic carbocycles. The van der Waals surface area contributed by atoms with Crippen molar-refractivity contribution in [2.24, 2.45) is 0 Å². The van der Waals surface area contributed by atoms with Gasteiger partial charge in [-0.05, 0) is 50.6 Å². The van der Waals surface area contributed by atoms with Gasteiger partial charge in [-0.25, -0.2) is 0 Å². The summed E-state index contributed by atoms with van der Waals surface area (Å²) in [5.74, 6) is 0. The minimum absolute atomic E-state index is 0.259. The molecule has 0 aromatic heterocycles. The Morgan fingerprint density at radius 1 is 0.529 bits per heavy atom. The summed E-state index contributed by atoms with van der Waals surface area (Å²) in [5.41, 5.74) is 7.78. The minimum Gasteiger partial charge on any atom is -0.0830 e. The van der Waals surface area contributed by atoms with Gasteiger partial charge in [0.25, 0.3) is 0 Å². The van der Waals surface area contributed by atoms with Crippen LogP contribution in [0.15, 0.2) is 145 Å². The van der Waals surface area contributed by atoms with Crippen molar-refractivity contribution in [2.45, 2.75) is 11.8 Å². The Hall–Kier alpha value is -4.16. The molecule has 1 atom stereocenters. The molecule has 3 aromatic rings. The second-order valence-corrected chi connectivity index (χ2v) is 8.89. The summed E-state index contributed by atoms with van der Waals surface area (Å²) in [5, 5.41) is 2.59. The molecule has 0 amide bonds. The van der Waals surface area contributed by atoms with E-state index in [4.69, 9.17) is 0 Å². The lowest BCUT2D eigenvalue weighted by atomic mass is 9.67. The van der Waals surface area contributed by atoms with Crippen LogP contribution < -0.4 is 0 Å². The summed E-state index contributed by atoms with van der Waals surface area (Å²) in [4.78, 5) is 0.